The second-order valence-corrected chi connectivity index (χ2v) is 7.93. The number of aryl methyl sites for hydroxylation is 1. The molecule has 0 spiro atoms. The topological polar surface area (TPSA) is 36.3 Å². The molecule has 0 radical (unpaired) electrons. The Morgan fingerprint density at radius 2 is 2.00 bits per heavy atom. The Kier molecular flexibility index (Phi) is 4.87. The fraction of sp³-hybridized carbons (Fsp3) is 0.471. The molecule has 0 bridgehead atoms. The zero-order chi connectivity index (χ0) is 18.2. The van der Waals surface area contributed by atoms with E-state index in [0.717, 1.165) is 4.88 Å². The fourth-order valence-electron chi connectivity index (χ4n) is 2.52. The van der Waals surface area contributed by atoms with Crippen molar-refractivity contribution in [3.8, 4) is 10.6 Å². The van der Waals surface area contributed by atoms with Gasteiger partial charge in [0.05, 0.1) is 22.6 Å². The average Bonchev–Trinajstić information content (AvgIpc) is 3.19. The third-order valence-electron chi connectivity index (χ3n) is 4.63. The normalized spacial score (nSPS) is 19.6. The van der Waals surface area contributed by atoms with E-state index < -0.39 is 30.7 Å². The number of aromatic nitrogens is 2. The van der Waals surface area contributed by atoms with Crippen molar-refractivity contribution in [1.29, 1.82) is 0 Å². The first-order valence-corrected chi connectivity index (χ1v) is 9.01. The zero-order valence-corrected chi connectivity index (χ0v) is 15.6. The van der Waals surface area contributed by atoms with Gasteiger partial charge in [-0.05, 0) is 45.2 Å². The maximum atomic E-state index is 14.8. The summed E-state index contributed by atoms with van der Waals surface area (Å²) in [6, 6.07) is 3.79. The highest BCUT2D eigenvalue weighted by Crippen LogP contribution is 2.39. The van der Waals surface area contributed by atoms with Gasteiger partial charge in [0.2, 0.25) is 0 Å². The van der Waals surface area contributed by atoms with Gasteiger partial charge in [-0.1, -0.05) is 6.07 Å². The van der Waals surface area contributed by atoms with Crippen molar-refractivity contribution >= 4 is 24.5 Å². The third kappa shape index (κ3) is 3.56. The Balaban J connectivity index is 1.92. The van der Waals surface area contributed by atoms with Crippen molar-refractivity contribution in [1.82, 2.24) is 9.78 Å². The molecule has 8 heteroatoms. The van der Waals surface area contributed by atoms with E-state index in [0.29, 0.717) is 11.3 Å². The van der Waals surface area contributed by atoms with E-state index in [-0.39, 0.29) is 6.54 Å². The summed E-state index contributed by atoms with van der Waals surface area (Å²) in [5.74, 6) is 0. The molecular weight excluding hydrogens is 345 g/mol. The molecule has 0 aliphatic carbocycles. The molecule has 1 aliphatic rings. The first kappa shape index (κ1) is 18.3. The van der Waals surface area contributed by atoms with Crippen LogP contribution in [0.2, 0.25) is 0 Å². The minimum Gasteiger partial charge on any atom is -0.398 e. The summed E-state index contributed by atoms with van der Waals surface area (Å²) < 4.78 is 40.4. The lowest BCUT2D eigenvalue weighted by Gasteiger charge is -2.32. The van der Waals surface area contributed by atoms with E-state index in [9.17, 15) is 8.78 Å². The molecule has 0 saturated carbocycles. The molecule has 134 valence electrons. The first-order chi connectivity index (χ1) is 11.7. The molecule has 0 aromatic carbocycles. The smallest absolute Gasteiger partial charge is 0.398 e. The molecule has 1 saturated heterocycles. The number of hydrogen-bond donors (Lipinski definition) is 0. The van der Waals surface area contributed by atoms with Crippen molar-refractivity contribution in [2.45, 2.75) is 45.4 Å². The molecule has 3 rings (SSSR count). The average molecular weight is 366 g/mol. The third-order valence-corrected chi connectivity index (χ3v) is 5.51. The lowest BCUT2D eigenvalue weighted by atomic mass is 9.87. The van der Waals surface area contributed by atoms with E-state index in [2.05, 4.69) is 5.10 Å². The number of alkyl halides is 1. The highest BCUT2D eigenvalue weighted by Gasteiger charge is 2.53. The molecule has 0 atom stereocenters. The Morgan fingerprint density at radius 1 is 1.32 bits per heavy atom. The number of halogens is 2. The van der Waals surface area contributed by atoms with Gasteiger partial charge < -0.3 is 9.31 Å². The van der Waals surface area contributed by atoms with Crippen LogP contribution in [-0.2, 0) is 15.9 Å². The Bertz CT molecular complexity index is 756. The van der Waals surface area contributed by atoms with Crippen LogP contribution in [0.15, 0.2) is 29.4 Å². The van der Waals surface area contributed by atoms with Gasteiger partial charge in [-0.15, -0.1) is 11.3 Å². The van der Waals surface area contributed by atoms with Gasteiger partial charge >= 0.3 is 7.12 Å². The van der Waals surface area contributed by atoms with Gasteiger partial charge in [-0.2, -0.15) is 5.10 Å². The van der Waals surface area contributed by atoms with Gasteiger partial charge in [-0.3, -0.25) is 4.68 Å². The highest BCUT2D eigenvalue weighted by molar-refractivity contribution is 7.13. The van der Waals surface area contributed by atoms with E-state index >= 15 is 0 Å². The van der Waals surface area contributed by atoms with Crippen LogP contribution in [0.25, 0.3) is 16.6 Å². The zero-order valence-electron chi connectivity index (χ0n) is 14.8. The highest BCUT2D eigenvalue weighted by atomic mass is 32.1. The van der Waals surface area contributed by atoms with Crippen LogP contribution >= 0.6 is 11.3 Å². The van der Waals surface area contributed by atoms with Gasteiger partial charge in [0.15, 0.2) is 0 Å². The van der Waals surface area contributed by atoms with Crippen molar-refractivity contribution in [3.05, 3.63) is 35.0 Å². The number of rotatable bonds is 5. The maximum Gasteiger partial charge on any atom is 0.525 e. The van der Waals surface area contributed by atoms with E-state index in [4.69, 9.17) is 9.31 Å². The fourth-order valence-corrected chi connectivity index (χ4v) is 3.25. The minimum absolute atomic E-state index is 0.129. The standard InChI is InChI=1S/C17H21BF2N2O2S/c1-16(2)17(3,4)24-18(23-16)14(20)10-12-11-22(8-7-19)21-15(12)13-6-5-9-25-13/h5-6,9-11H,7-8H2,1-4H3. The SMILES string of the molecule is CC1(C)OB(C(F)=Cc2cn(CCF)nc2-c2cccs2)OC1(C)C. The van der Waals surface area contributed by atoms with Gasteiger partial charge in [0.25, 0.3) is 0 Å². The van der Waals surface area contributed by atoms with Crippen LogP contribution in [0.4, 0.5) is 8.78 Å². The molecule has 2 aromatic heterocycles. The Hall–Kier alpha value is -1.51. The van der Waals surface area contributed by atoms with Crippen LogP contribution in [0.5, 0.6) is 0 Å². The molecule has 0 unspecified atom stereocenters. The Morgan fingerprint density at radius 3 is 2.56 bits per heavy atom. The summed E-state index contributed by atoms with van der Waals surface area (Å²) in [6.07, 6.45) is 3.00. The van der Waals surface area contributed by atoms with E-state index in [1.54, 1.807) is 6.20 Å². The minimum atomic E-state index is -1.06. The quantitative estimate of drug-likeness (QED) is 0.730. The van der Waals surface area contributed by atoms with Crippen molar-refractivity contribution in [2.75, 3.05) is 6.67 Å². The molecule has 25 heavy (non-hydrogen) atoms. The molecule has 1 aliphatic heterocycles. The van der Waals surface area contributed by atoms with Gasteiger partial charge in [0, 0.05) is 11.8 Å². The Labute approximate surface area is 150 Å². The maximum absolute atomic E-state index is 14.8. The lowest BCUT2D eigenvalue weighted by Crippen LogP contribution is -2.41. The van der Waals surface area contributed by atoms with Crippen LogP contribution < -0.4 is 0 Å². The second kappa shape index (κ2) is 6.66. The summed E-state index contributed by atoms with van der Waals surface area (Å²) >= 11 is 1.50. The van der Waals surface area contributed by atoms with Gasteiger partial charge in [-0.25, -0.2) is 8.78 Å². The second-order valence-electron chi connectivity index (χ2n) is 6.98. The molecular formula is C17H21BF2N2O2S. The van der Waals surface area contributed by atoms with Crippen molar-refractivity contribution in [2.24, 2.45) is 0 Å². The summed E-state index contributed by atoms with van der Waals surface area (Å²) in [6.45, 7) is 7.08. The van der Waals surface area contributed by atoms with Crippen molar-refractivity contribution in [3.63, 3.8) is 0 Å². The first-order valence-electron chi connectivity index (χ1n) is 8.13. The summed E-state index contributed by atoms with van der Waals surface area (Å²) in [4.78, 5) is 0.894. The van der Waals surface area contributed by atoms with Crippen LogP contribution in [0.1, 0.15) is 33.3 Å². The number of hydrogen-bond acceptors (Lipinski definition) is 4. The van der Waals surface area contributed by atoms with Gasteiger partial charge in [0.1, 0.15) is 18.1 Å². The van der Waals surface area contributed by atoms with E-state index in [1.807, 2.05) is 45.2 Å². The largest absolute Gasteiger partial charge is 0.525 e. The lowest BCUT2D eigenvalue weighted by molar-refractivity contribution is 0.00578. The van der Waals surface area contributed by atoms with Crippen LogP contribution in [0, 0.1) is 0 Å². The predicted octanol–water partition coefficient (Wildman–Crippen LogP) is 4.52. The molecule has 0 N–H and O–H groups in total. The van der Waals surface area contributed by atoms with Crippen LogP contribution in [0.3, 0.4) is 0 Å². The molecule has 1 fully saturated rings. The summed E-state index contributed by atoms with van der Waals surface area (Å²) in [5.41, 5.74) is -0.565. The molecule has 2 aromatic rings. The summed E-state index contributed by atoms with van der Waals surface area (Å²) in [7, 11) is -1.06. The monoisotopic (exact) mass is 366 g/mol. The van der Waals surface area contributed by atoms with Crippen molar-refractivity contribution < 1.29 is 18.1 Å². The summed E-state index contributed by atoms with van der Waals surface area (Å²) in [5, 5.41) is 6.29. The molecule has 3 heterocycles. The van der Waals surface area contributed by atoms with E-state index in [1.165, 1.54) is 22.1 Å². The number of nitrogens with zero attached hydrogens (tertiary/aromatic N) is 2. The van der Waals surface area contributed by atoms with Crippen LogP contribution in [-0.4, -0.2) is 34.8 Å². The molecule has 0 amide bonds. The number of thiophene rings is 1. The molecule has 4 nitrogen and oxygen atoms in total. The predicted molar refractivity (Wildman–Crippen MR) is 96.7 cm³/mol.